The number of benzene rings is 1. The van der Waals surface area contributed by atoms with Gasteiger partial charge in [0.1, 0.15) is 11.9 Å². The molecular weight excluding hydrogens is 391 g/mol. The second kappa shape index (κ2) is 7.10. The maximum atomic E-state index is 13.4. The lowest BCUT2D eigenvalue weighted by molar-refractivity contribution is -0.138. The largest absolute Gasteiger partial charge is 0.416 e. The van der Waals surface area contributed by atoms with Gasteiger partial charge in [-0.2, -0.15) is 13.2 Å². The Morgan fingerprint density at radius 3 is 2.75 bits per heavy atom. The van der Waals surface area contributed by atoms with Crippen molar-refractivity contribution >= 4 is 17.7 Å². The number of hydrogen-bond donors (Lipinski definition) is 4. The van der Waals surface area contributed by atoms with Gasteiger partial charge in [-0.1, -0.05) is 36.0 Å². The van der Waals surface area contributed by atoms with E-state index in [0.29, 0.717) is 5.70 Å². The first-order valence-corrected chi connectivity index (χ1v) is 9.53. The third-order valence-electron chi connectivity index (χ3n) is 4.53. The van der Waals surface area contributed by atoms with Crippen molar-refractivity contribution in [2.24, 2.45) is 0 Å². The zero-order valence-electron chi connectivity index (χ0n) is 14.7. The van der Waals surface area contributed by atoms with Crippen molar-refractivity contribution in [2.75, 3.05) is 0 Å². The molecule has 3 aliphatic heterocycles. The summed E-state index contributed by atoms with van der Waals surface area (Å²) < 4.78 is 40.1. The maximum Gasteiger partial charge on any atom is 0.416 e. The highest BCUT2D eigenvalue weighted by Gasteiger charge is 2.38. The van der Waals surface area contributed by atoms with Crippen LogP contribution < -0.4 is 21.4 Å². The molecule has 0 fully saturated rings. The molecule has 0 aromatic heterocycles. The molecule has 6 nitrogen and oxygen atoms in total. The first-order chi connectivity index (χ1) is 13.3. The average Bonchev–Trinajstić information content (AvgIpc) is 3.26. The summed E-state index contributed by atoms with van der Waals surface area (Å²) in [7, 11) is 0. The lowest BCUT2D eigenvalue weighted by atomic mass is 9.99. The Hall–Kier alpha value is -2.59. The molecule has 1 amide bonds. The van der Waals surface area contributed by atoms with E-state index < -0.39 is 17.8 Å². The van der Waals surface area contributed by atoms with Crippen LogP contribution in [-0.2, 0) is 11.0 Å². The zero-order valence-corrected chi connectivity index (χ0v) is 15.6. The van der Waals surface area contributed by atoms with Crippen molar-refractivity contribution in [2.45, 2.75) is 30.8 Å². The van der Waals surface area contributed by atoms with E-state index in [-0.39, 0.29) is 23.1 Å². The number of nitrogens with zero attached hydrogens (tertiary/aromatic N) is 1. The van der Waals surface area contributed by atoms with E-state index in [1.807, 2.05) is 12.3 Å². The number of nitrogens with one attached hydrogen (secondary N) is 4. The van der Waals surface area contributed by atoms with Crippen molar-refractivity contribution in [3.05, 3.63) is 70.5 Å². The molecule has 4 rings (SSSR count). The summed E-state index contributed by atoms with van der Waals surface area (Å²) >= 11 is 1.44. The average molecular weight is 409 g/mol. The standard InChI is InChI=1S/C18H18F3N5OS/c1-10-9-28-17(23-10)24-16(27)14-8-22-15-7-6-13(25-26(14)15)11-4-2-3-5-12(11)18(19,20)21/h2-9,13,15,17,22-23,25H,1H3,(H,24,27). The summed E-state index contributed by atoms with van der Waals surface area (Å²) in [6.07, 6.45) is 0.140. The van der Waals surface area contributed by atoms with E-state index in [1.54, 1.807) is 29.4 Å². The molecule has 0 saturated carbocycles. The molecule has 28 heavy (non-hydrogen) atoms. The second-order valence-corrected chi connectivity index (χ2v) is 7.50. The molecule has 0 radical (unpaired) electrons. The fourth-order valence-electron chi connectivity index (χ4n) is 3.24. The molecule has 3 atom stereocenters. The van der Waals surface area contributed by atoms with E-state index in [1.165, 1.54) is 23.9 Å². The Kier molecular flexibility index (Phi) is 4.76. The van der Waals surface area contributed by atoms with Crippen molar-refractivity contribution < 1.29 is 18.0 Å². The van der Waals surface area contributed by atoms with Crippen molar-refractivity contribution in [3.63, 3.8) is 0 Å². The molecule has 148 valence electrons. The van der Waals surface area contributed by atoms with Gasteiger partial charge < -0.3 is 16.0 Å². The van der Waals surface area contributed by atoms with E-state index in [0.717, 1.165) is 11.8 Å². The van der Waals surface area contributed by atoms with Crippen LogP contribution in [0.25, 0.3) is 0 Å². The van der Waals surface area contributed by atoms with Crippen LogP contribution in [0.2, 0.25) is 0 Å². The van der Waals surface area contributed by atoms with Gasteiger partial charge in [0.15, 0.2) is 5.50 Å². The minimum Gasteiger partial charge on any atom is -0.365 e. The number of halogens is 3. The van der Waals surface area contributed by atoms with Gasteiger partial charge in [-0.3, -0.25) is 9.80 Å². The maximum absolute atomic E-state index is 13.4. The number of alkyl halides is 3. The first kappa shape index (κ1) is 18.8. The number of allylic oxidation sites excluding steroid dienone is 1. The Balaban J connectivity index is 1.51. The van der Waals surface area contributed by atoms with Gasteiger partial charge in [-0.05, 0) is 30.0 Å². The fraction of sp³-hybridized carbons (Fsp3) is 0.278. The molecule has 0 saturated heterocycles. The Bertz CT molecular complexity index is 882. The third-order valence-corrected chi connectivity index (χ3v) is 5.53. The molecule has 1 aromatic rings. The van der Waals surface area contributed by atoms with Gasteiger partial charge in [0.2, 0.25) is 0 Å². The van der Waals surface area contributed by atoms with Crippen LogP contribution in [-0.4, -0.2) is 22.6 Å². The topological polar surface area (TPSA) is 68.4 Å². The predicted molar refractivity (Wildman–Crippen MR) is 99.7 cm³/mol. The highest BCUT2D eigenvalue weighted by Crippen LogP contribution is 2.36. The fourth-order valence-corrected chi connectivity index (χ4v) is 4.08. The van der Waals surface area contributed by atoms with Gasteiger partial charge in [0, 0.05) is 11.9 Å². The molecule has 0 aliphatic carbocycles. The van der Waals surface area contributed by atoms with Gasteiger partial charge in [-0.25, -0.2) is 5.43 Å². The number of hydrazine groups is 1. The second-order valence-electron chi connectivity index (χ2n) is 6.52. The van der Waals surface area contributed by atoms with Crippen LogP contribution in [0.1, 0.15) is 24.1 Å². The quantitative estimate of drug-likeness (QED) is 0.576. The highest BCUT2D eigenvalue weighted by molar-refractivity contribution is 8.02. The summed E-state index contributed by atoms with van der Waals surface area (Å²) in [5, 5.41) is 12.4. The molecule has 10 heteroatoms. The Morgan fingerprint density at radius 1 is 1.25 bits per heavy atom. The number of hydrogen-bond acceptors (Lipinski definition) is 6. The monoisotopic (exact) mass is 409 g/mol. The minimum atomic E-state index is -4.46. The van der Waals surface area contributed by atoms with E-state index in [4.69, 9.17) is 0 Å². The lowest BCUT2D eigenvalue weighted by Crippen LogP contribution is -2.52. The van der Waals surface area contributed by atoms with E-state index in [2.05, 4.69) is 21.4 Å². The summed E-state index contributed by atoms with van der Waals surface area (Å²) in [5.74, 6) is -0.339. The Morgan fingerprint density at radius 2 is 2.04 bits per heavy atom. The molecule has 3 unspecified atom stereocenters. The van der Waals surface area contributed by atoms with Gasteiger partial charge in [0.25, 0.3) is 5.91 Å². The molecule has 4 N–H and O–H groups in total. The normalized spacial score (nSPS) is 26.1. The summed E-state index contributed by atoms with van der Waals surface area (Å²) in [4.78, 5) is 12.7. The van der Waals surface area contributed by atoms with Crippen molar-refractivity contribution in [1.82, 2.24) is 26.4 Å². The molecular formula is C18H18F3N5OS. The van der Waals surface area contributed by atoms with Gasteiger partial charge in [-0.15, -0.1) is 0 Å². The van der Waals surface area contributed by atoms with Gasteiger partial charge in [0.05, 0.1) is 11.6 Å². The van der Waals surface area contributed by atoms with Gasteiger partial charge >= 0.3 is 6.18 Å². The van der Waals surface area contributed by atoms with E-state index in [9.17, 15) is 18.0 Å². The highest BCUT2D eigenvalue weighted by atomic mass is 32.2. The van der Waals surface area contributed by atoms with Crippen LogP contribution >= 0.6 is 11.8 Å². The van der Waals surface area contributed by atoms with Crippen LogP contribution in [0, 0.1) is 0 Å². The number of rotatable bonds is 3. The number of fused-ring (bicyclic) bond motifs is 1. The number of carbonyl (C=O) groups excluding carboxylic acids is 1. The van der Waals surface area contributed by atoms with Crippen LogP contribution in [0.4, 0.5) is 13.2 Å². The number of carbonyl (C=O) groups is 1. The predicted octanol–water partition coefficient (Wildman–Crippen LogP) is 2.49. The lowest BCUT2D eigenvalue weighted by Gasteiger charge is -2.35. The molecule has 0 bridgehead atoms. The van der Waals surface area contributed by atoms with Crippen LogP contribution in [0.3, 0.4) is 0 Å². The molecule has 1 aromatic carbocycles. The summed E-state index contributed by atoms with van der Waals surface area (Å²) in [6, 6.07) is 4.70. The molecule has 0 spiro atoms. The van der Waals surface area contributed by atoms with E-state index >= 15 is 0 Å². The summed E-state index contributed by atoms with van der Waals surface area (Å²) in [5.41, 5.74) is 3.39. The van der Waals surface area contributed by atoms with Crippen molar-refractivity contribution in [3.8, 4) is 0 Å². The zero-order chi connectivity index (χ0) is 19.9. The minimum absolute atomic E-state index is 0.101. The Labute approximate surface area is 163 Å². The first-order valence-electron chi connectivity index (χ1n) is 8.58. The van der Waals surface area contributed by atoms with Crippen molar-refractivity contribution in [1.29, 1.82) is 0 Å². The number of amides is 1. The summed E-state index contributed by atoms with van der Waals surface area (Å²) in [6.45, 7) is 1.89. The smallest absolute Gasteiger partial charge is 0.365 e. The third kappa shape index (κ3) is 3.57. The molecule has 3 heterocycles. The molecule has 3 aliphatic rings. The van der Waals surface area contributed by atoms with Crippen LogP contribution in [0.5, 0.6) is 0 Å². The SMILES string of the molecule is CC1=CSC(NC(=O)C2=CNC3C=CC(c4ccccc4C(F)(F)F)NN23)N1. The number of thioether (sulfide) groups is 1. The van der Waals surface area contributed by atoms with Crippen LogP contribution in [0.15, 0.2) is 59.4 Å².